The predicted octanol–water partition coefficient (Wildman–Crippen LogP) is 1.79. The SMILES string of the molecule is CN(C)CC12C=CC(C)(O1)[C@H]1C(=O)N(c3ccc(C#N)c(CF)c3)C(=O)[C@H]12. The molecule has 7 heteroatoms. The molecule has 3 aliphatic heterocycles. The van der Waals surface area contributed by atoms with E-state index < -0.39 is 29.7 Å². The average molecular weight is 369 g/mol. The number of benzene rings is 1. The minimum Gasteiger partial charge on any atom is -0.358 e. The number of rotatable bonds is 4. The van der Waals surface area contributed by atoms with Gasteiger partial charge in [0.15, 0.2) is 0 Å². The number of nitriles is 1. The summed E-state index contributed by atoms with van der Waals surface area (Å²) in [5.74, 6) is -1.91. The second-order valence-electron chi connectivity index (χ2n) is 7.87. The molecule has 0 aromatic heterocycles. The van der Waals surface area contributed by atoms with Crippen molar-refractivity contribution in [1.82, 2.24) is 4.90 Å². The molecule has 4 rings (SSSR count). The number of amides is 2. The highest BCUT2D eigenvalue weighted by Gasteiger charge is 2.72. The van der Waals surface area contributed by atoms with Gasteiger partial charge in [0.05, 0.1) is 34.8 Å². The van der Waals surface area contributed by atoms with Crippen LogP contribution >= 0.6 is 0 Å². The van der Waals surface area contributed by atoms with Gasteiger partial charge in [-0.3, -0.25) is 9.59 Å². The van der Waals surface area contributed by atoms with E-state index in [2.05, 4.69) is 0 Å². The van der Waals surface area contributed by atoms with Crippen molar-refractivity contribution in [2.75, 3.05) is 25.5 Å². The molecule has 140 valence electrons. The van der Waals surface area contributed by atoms with Crippen molar-refractivity contribution in [3.63, 3.8) is 0 Å². The Balaban J connectivity index is 1.77. The summed E-state index contributed by atoms with van der Waals surface area (Å²) in [7, 11) is 3.78. The molecule has 0 radical (unpaired) electrons. The van der Waals surface area contributed by atoms with Crippen LogP contribution in [-0.2, 0) is 21.0 Å². The lowest BCUT2D eigenvalue weighted by molar-refractivity contribution is -0.129. The van der Waals surface area contributed by atoms with Crippen molar-refractivity contribution in [1.29, 1.82) is 5.26 Å². The van der Waals surface area contributed by atoms with Gasteiger partial charge in [0, 0.05) is 12.1 Å². The quantitative estimate of drug-likeness (QED) is 0.598. The number of fused-ring (bicyclic) bond motifs is 5. The van der Waals surface area contributed by atoms with Crippen LogP contribution in [0.25, 0.3) is 0 Å². The predicted molar refractivity (Wildman–Crippen MR) is 95.4 cm³/mol. The summed E-state index contributed by atoms with van der Waals surface area (Å²) < 4.78 is 19.5. The van der Waals surface area contributed by atoms with E-state index in [0.717, 1.165) is 4.90 Å². The van der Waals surface area contributed by atoms with Crippen molar-refractivity contribution >= 4 is 17.5 Å². The van der Waals surface area contributed by atoms with Gasteiger partial charge in [0.2, 0.25) is 11.8 Å². The van der Waals surface area contributed by atoms with Crippen LogP contribution in [0.15, 0.2) is 30.4 Å². The van der Waals surface area contributed by atoms with Crippen LogP contribution in [0, 0.1) is 23.2 Å². The van der Waals surface area contributed by atoms with Gasteiger partial charge in [0.1, 0.15) is 12.3 Å². The van der Waals surface area contributed by atoms with Crippen LogP contribution in [0.2, 0.25) is 0 Å². The molecule has 3 heterocycles. The Labute approximate surface area is 156 Å². The molecule has 27 heavy (non-hydrogen) atoms. The molecule has 0 saturated carbocycles. The average Bonchev–Trinajstić information content (AvgIpc) is 3.18. The molecule has 1 aromatic carbocycles. The summed E-state index contributed by atoms with van der Waals surface area (Å²) in [5, 5.41) is 9.08. The molecule has 2 bridgehead atoms. The topological polar surface area (TPSA) is 73.6 Å². The van der Waals surface area contributed by atoms with Crippen molar-refractivity contribution in [3.8, 4) is 6.07 Å². The second kappa shape index (κ2) is 5.72. The zero-order valence-corrected chi connectivity index (χ0v) is 15.4. The van der Waals surface area contributed by atoms with Gasteiger partial charge in [-0.2, -0.15) is 5.26 Å². The first-order valence-corrected chi connectivity index (χ1v) is 8.78. The van der Waals surface area contributed by atoms with Crippen LogP contribution in [0.3, 0.4) is 0 Å². The maximum absolute atomic E-state index is 13.3. The van der Waals surface area contributed by atoms with Crippen molar-refractivity contribution in [2.24, 2.45) is 11.8 Å². The maximum atomic E-state index is 13.3. The number of likely N-dealkylation sites (N-methyl/N-ethyl adjacent to an activating group) is 1. The van der Waals surface area contributed by atoms with Gasteiger partial charge in [-0.25, -0.2) is 9.29 Å². The van der Waals surface area contributed by atoms with Crippen molar-refractivity contribution < 1.29 is 18.7 Å². The maximum Gasteiger partial charge on any atom is 0.241 e. The normalized spacial score (nSPS) is 33.9. The Morgan fingerprint density at radius 2 is 1.96 bits per heavy atom. The molecular weight excluding hydrogens is 349 g/mol. The van der Waals surface area contributed by atoms with Crippen LogP contribution in [-0.4, -0.2) is 48.6 Å². The molecule has 2 fully saturated rings. The Morgan fingerprint density at radius 1 is 1.26 bits per heavy atom. The molecule has 6 nitrogen and oxygen atoms in total. The fourth-order valence-corrected chi connectivity index (χ4v) is 4.73. The number of carbonyl (C=O) groups is 2. The Kier molecular flexibility index (Phi) is 3.78. The van der Waals surface area contributed by atoms with E-state index in [9.17, 15) is 14.0 Å². The minimum atomic E-state index is -0.847. The molecule has 0 aliphatic carbocycles. The summed E-state index contributed by atoms with van der Waals surface area (Å²) in [6, 6.07) is 6.29. The Bertz CT molecular complexity index is 922. The molecule has 1 aromatic rings. The van der Waals surface area contributed by atoms with Gasteiger partial charge >= 0.3 is 0 Å². The van der Waals surface area contributed by atoms with E-state index in [0.29, 0.717) is 12.2 Å². The first-order chi connectivity index (χ1) is 12.8. The number of ether oxygens (including phenoxy) is 1. The number of halogens is 1. The highest BCUT2D eigenvalue weighted by atomic mass is 19.1. The highest BCUT2D eigenvalue weighted by molar-refractivity contribution is 6.23. The lowest BCUT2D eigenvalue weighted by Crippen LogP contribution is -2.47. The molecular formula is C20H20FN3O3. The van der Waals surface area contributed by atoms with E-state index in [4.69, 9.17) is 10.00 Å². The molecule has 2 amide bonds. The fourth-order valence-electron chi connectivity index (χ4n) is 4.73. The summed E-state index contributed by atoms with van der Waals surface area (Å²) in [6.07, 6.45) is 3.77. The number of hydrogen-bond donors (Lipinski definition) is 0. The third-order valence-electron chi connectivity index (χ3n) is 5.73. The summed E-state index contributed by atoms with van der Waals surface area (Å²) in [5.41, 5.74) is -1.02. The van der Waals surface area contributed by atoms with Crippen LogP contribution < -0.4 is 4.90 Å². The van der Waals surface area contributed by atoms with E-state index in [-0.39, 0.29) is 22.9 Å². The molecule has 0 spiro atoms. The van der Waals surface area contributed by atoms with Crippen molar-refractivity contribution in [2.45, 2.75) is 24.8 Å². The zero-order valence-electron chi connectivity index (χ0n) is 15.4. The molecule has 2 saturated heterocycles. The van der Waals surface area contributed by atoms with Crippen LogP contribution in [0.5, 0.6) is 0 Å². The van der Waals surface area contributed by atoms with Gasteiger partial charge in [0.25, 0.3) is 0 Å². The number of anilines is 1. The van der Waals surface area contributed by atoms with E-state index in [1.165, 1.54) is 18.2 Å². The third kappa shape index (κ3) is 2.30. The number of hydrogen-bond acceptors (Lipinski definition) is 5. The lowest BCUT2D eigenvalue weighted by Gasteiger charge is -2.31. The first-order valence-electron chi connectivity index (χ1n) is 8.78. The fraction of sp³-hybridized carbons (Fsp3) is 0.450. The largest absolute Gasteiger partial charge is 0.358 e. The zero-order chi connectivity index (χ0) is 19.6. The molecule has 0 N–H and O–H groups in total. The molecule has 4 atom stereocenters. The van der Waals surface area contributed by atoms with E-state index >= 15 is 0 Å². The van der Waals surface area contributed by atoms with Gasteiger partial charge < -0.3 is 9.64 Å². The first kappa shape index (κ1) is 17.8. The second-order valence-corrected chi connectivity index (χ2v) is 7.87. The van der Waals surface area contributed by atoms with E-state index in [1.54, 1.807) is 0 Å². The van der Waals surface area contributed by atoms with E-state index in [1.807, 2.05) is 44.1 Å². The van der Waals surface area contributed by atoms with Gasteiger partial charge in [-0.1, -0.05) is 12.2 Å². The van der Waals surface area contributed by atoms with Crippen LogP contribution in [0.4, 0.5) is 10.1 Å². The number of nitrogens with zero attached hydrogens (tertiary/aromatic N) is 3. The monoisotopic (exact) mass is 369 g/mol. The summed E-state index contributed by atoms with van der Waals surface area (Å²) in [4.78, 5) is 29.5. The standard InChI is InChI=1S/C20H20FN3O3/c1-19-6-7-20(27-19,11-23(2)3)16-15(19)17(25)24(18(16)26)14-5-4-12(10-22)13(8-14)9-21/h4-8,15-16H,9,11H2,1-3H3/t15-,16+,19?,20?/m1/s1. The minimum absolute atomic E-state index is 0.166. The lowest BCUT2D eigenvalue weighted by atomic mass is 9.72. The Hall–Kier alpha value is -2.56. The van der Waals surface area contributed by atoms with Crippen molar-refractivity contribution in [3.05, 3.63) is 41.5 Å². The highest BCUT2D eigenvalue weighted by Crippen LogP contribution is 2.57. The molecule has 3 aliphatic rings. The van der Waals surface area contributed by atoms with Gasteiger partial charge in [-0.05, 0) is 39.2 Å². The van der Waals surface area contributed by atoms with Gasteiger partial charge in [-0.15, -0.1) is 0 Å². The summed E-state index contributed by atoms with van der Waals surface area (Å²) >= 11 is 0. The third-order valence-corrected chi connectivity index (χ3v) is 5.73. The Morgan fingerprint density at radius 3 is 2.59 bits per heavy atom. The van der Waals surface area contributed by atoms with Crippen LogP contribution in [0.1, 0.15) is 18.1 Å². The molecule has 2 unspecified atom stereocenters. The number of imide groups is 1. The summed E-state index contributed by atoms with van der Waals surface area (Å²) in [6.45, 7) is 1.47. The number of carbonyl (C=O) groups excluding carboxylic acids is 2. The smallest absolute Gasteiger partial charge is 0.241 e. The number of alkyl halides is 1.